The molecule has 1 saturated heterocycles. The monoisotopic (exact) mass is 425 g/mol. The number of amides is 2. The molecule has 0 aliphatic carbocycles. The number of imidazole rings is 1. The summed E-state index contributed by atoms with van der Waals surface area (Å²) < 4.78 is 1.90. The fraction of sp³-hybridized carbons (Fsp3) is 0.200. The molecule has 1 unspecified atom stereocenters. The van der Waals surface area contributed by atoms with Crippen molar-refractivity contribution in [2.45, 2.75) is 19.9 Å². The van der Waals surface area contributed by atoms with Crippen molar-refractivity contribution in [3.63, 3.8) is 0 Å². The number of anilines is 1. The molecule has 7 heteroatoms. The lowest BCUT2D eigenvalue weighted by Gasteiger charge is -2.17. The second-order valence-electron chi connectivity index (χ2n) is 8.16. The van der Waals surface area contributed by atoms with Gasteiger partial charge in [0, 0.05) is 19.5 Å². The van der Waals surface area contributed by atoms with Gasteiger partial charge in [-0.05, 0) is 36.8 Å². The maximum Gasteiger partial charge on any atom is 0.229 e. The van der Waals surface area contributed by atoms with Crippen LogP contribution in [0.3, 0.4) is 0 Å². The lowest BCUT2D eigenvalue weighted by atomic mass is 10.1. The Balaban J connectivity index is 1.23. The molecule has 32 heavy (non-hydrogen) atoms. The number of nitrogens with one attached hydrogen (secondary N) is 1. The van der Waals surface area contributed by atoms with Crippen LogP contribution in [0.2, 0.25) is 0 Å². The van der Waals surface area contributed by atoms with E-state index in [1.54, 1.807) is 17.4 Å². The molecule has 0 radical (unpaired) electrons. The molecule has 1 aliphatic heterocycles. The van der Waals surface area contributed by atoms with Crippen LogP contribution in [0.1, 0.15) is 17.5 Å². The summed E-state index contributed by atoms with van der Waals surface area (Å²) in [7, 11) is 0. The molecule has 0 spiro atoms. The Labute approximate surface area is 185 Å². The molecule has 1 atom stereocenters. The van der Waals surface area contributed by atoms with Gasteiger partial charge >= 0.3 is 0 Å². The fourth-order valence-corrected chi connectivity index (χ4v) is 4.00. The number of rotatable bonds is 5. The van der Waals surface area contributed by atoms with Gasteiger partial charge in [-0.15, -0.1) is 0 Å². The van der Waals surface area contributed by atoms with E-state index in [2.05, 4.69) is 15.3 Å². The van der Waals surface area contributed by atoms with Gasteiger partial charge in [0.05, 0.1) is 28.8 Å². The van der Waals surface area contributed by atoms with Gasteiger partial charge in [-0.3, -0.25) is 14.2 Å². The molecule has 1 N–H and O–H groups in total. The van der Waals surface area contributed by atoms with Gasteiger partial charge in [-0.2, -0.15) is 0 Å². The van der Waals surface area contributed by atoms with Crippen LogP contribution < -0.4 is 5.32 Å². The number of pyridine rings is 1. The zero-order valence-corrected chi connectivity index (χ0v) is 17.7. The number of hydrogen-bond donors (Lipinski definition) is 1. The van der Waals surface area contributed by atoms with E-state index in [0.29, 0.717) is 18.8 Å². The van der Waals surface area contributed by atoms with E-state index in [0.717, 1.165) is 22.4 Å². The van der Waals surface area contributed by atoms with Gasteiger partial charge in [0.2, 0.25) is 11.8 Å². The maximum absolute atomic E-state index is 12.8. The number of carbonyl (C=O) groups is 2. The van der Waals surface area contributed by atoms with Crippen molar-refractivity contribution in [2.24, 2.45) is 5.92 Å². The first-order chi connectivity index (χ1) is 15.6. The molecule has 3 heterocycles. The molecular formula is C25H23N5O2. The van der Waals surface area contributed by atoms with Crippen LogP contribution in [0.4, 0.5) is 5.69 Å². The highest BCUT2D eigenvalue weighted by molar-refractivity contribution is 5.97. The number of benzene rings is 2. The van der Waals surface area contributed by atoms with Crippen LogP contribution in [0.25, 0.3) is 16.9 Å². The summed E-state index contributed by atoms with van der Waals surface area (Å²) in [6.07, 6.45) is 3.59. The van der Waals surface area contributed by atoms with Crippen LogP contribution >= 0.6 is 0 Å². The number of aromatic nitrogens is 3. The van der Waals surface area contributed by atoms with Crippen molar-refractivity contribution in [1.82, 2.24) is 19.4 Å². The average Bonchev–Trinajstić information content (AvgIpc) is 3.40. The molecule has 4 aromatic rings. The molecule has 0 saturated carbocycles. The third kappa shape index (κ3) is 3.97. The van der Waals surface area contributed by atoms with E-state index >= 15 is 0 Å². The topological polar surface area (TPSA) is 80.1 Å². The van der Waals surface area contributed by atoms with Crippen molar-refractivity contribution < 1.29 is 9.59 Å². The van der Waals surface area contributed by atoms with Gasteiger partial charge in [-0.1, -0.05) is 42.0 Å². The maximum atomic E-state index is 12.8. The van der Waals surface area contributed by atoms with Gasteiger partial charge in [0.15, 0.2) is 0 Å². The number of hydrogen-bond acceptors (Lipinski definition) is 4. The third-order valence-electron chi connectivity index (χ3n) is 5.80. The normalized spacial score (nSPS) is 16.0. The molecule has 5 rings (SSSR count). The van der Waals surface area contributed by atoms with Gasteiger partial charge in [-0.25, -0.2) is 9.97 Å². The van der Waals surface area contributed by atoms with Crippen molar-refractivity contribution >= 4 is 28.5 Å². The Bertz CT molecular complexity index is 1280. The summed E-state index contributed by atoms with van der Waals surface area (Å²) in [6, 6.07) is 19.6. The molecule has 160 valence electrons. The predicted molar refractivity (Wildman–Crippen MR) is 122 cm³/mol. The first-order valence-electron chi connectivity index (χ1n) is 10.6. The minimum absolute atomic E-state index is 0.00573. The van der Waals surface area contributed by atoms with E-state index in [4.69, 9.17) is 0 Å². The average molecular weight is 425 g/mol. The van der Waals surface area contributed by atoms with Crippen molar-refractivity contribution in [1.29, 1.82) is 0 Å². The lowest BCUT2D eigenvalue weighted by molar-refractivity contribution is -0.128. The van der Waals surface area contributed by atoms with E-state index in [1.165, 1.54) is 5.56 Å². The Morgan fingerprint density at radius 1 is 1.06 bits per heavy atom. The number of carbonyl (C=O) groups excluding carboxylic acids is 2. The smallest absolute Gasteiger partial charge is 0.229 e. The number of fused-ring (bicyclic) bond motifs is 1. The van der Waals surface area contributed by atoms with Crippen molar-refractivity contribution in [3.05, 3.63) is 84.3 Å². The zero-order chi connectivity index (χ0) is 22.1. The minimum Gasteiger partial charge on any atom is -0.338 e. The predicted octanol–water partition coefficient (Wildman–Crippen LogP) is 3.72. The SMILES string of the molecule is Cc1ccc(CN2CC(C(=O)Nc3ccc(-n4cnc5ccccc54)nc3)CC2=O)cc1. The summed E-state index contributed by atoms with van der Waals surface area (Å²) in [6.45, 7) is 2.98. The van der Waals surface area contributed by atoms with Crippen LogP contribution in [0.15, 0.2) is 73.2 Å². The minimum atomic E-state index is -0.370. The Morgan fingerprint density at radius 2 is 1.88 bits per heavy atom. The summed E-state index contributed by atoms with van der Waals surface area (Å²) in [5, 5.41) is 2.90. The number of likely N-dealkylation sites (tertiary alicyclic amines) is 1. The van der Waals surface area contributed by atoms with Crippen LogP contribution in [-0.4, -0.2) is 37.8 Å². The molecule has 2 aromatic carbocycles. The molecule has 1 fully saturated rings. The summed E-state index contributed by atoms with van der Waals surface area (Å²) >= 11 is 0. The molecule has 7 nitrogen and oxygen atoms in total. The number of nitrogens with zero attached hydrogens (tertiary/aromatic N) is 4. The van der Waals surface area contributed by atoms with Gasteiger partial charge in [0.25, 0.3) is 0 Å². The second-order valence-corrected chi connectivity index (χ2v) is 8.16. The largest absolute Gasteiger partial charge is 0.338 e. The first kappa shape index (κ1) is 19.9. The first-order valence-corrected chi connectivity index (χ1v) is 10.6. The zero-order valence-electron chi connectivity index (χ0n) is 17.7. The molecule has 1 aliphatic rings. The highest BCUT2D eigenvalue weighted by Gasteiger charge is 2.34. The van der Waals surface area contributed by atoms with Crippen LogP contribution in [-0.2, 0) is 16.1 Å². The summed E-state index contributed by atoms with van der Waals surface area (Å²) in [5.74, 6) is 0.195. The highest BCUT2D eigenvalue weighted by atomic mass is 16.2. The molecule has 2 amide bonds. The number of para-hydroxylation sites is 2. The van der Waals surface area contributed by atoms with Crippen LogP contribution in [0.5, 0.6) is 0 Å². The van der Waals surface area contributed by atoms with E-state index in [1.807, 2.05) is 72.2 Å². The second kappa shape index (κ2) is 8.26. The standard InChI is InChI=1S/C25H23N5O2/c1-17-6-8-18(9-7-17)14-29-15-19(12-24(29)31)25(32)28-20-10-11-23(26-13-20)30-16-27-21-4-2-3-5-22(21)30/h2-11,13,16,19H,12,14-15H2,1H3,(H,28,32). The van der Waals surface area contributed by atoms with Crippen molar-refractivity contribution in [3.8, 4) is 5.82 Å². The quantitative estimate of drug-likeness (QED) is 0.529. The fourth-order valence-electron chi connectivity index (χ4n) is 4.00. The van der Waals surface area contributed by atoms with Gasteiger partial charge in [0.1, 0.15) is 12.1 Å². The Kier molecular flexibility index (Phi) is 5.15. The van der Waals surface area contributed by atoms with Crippen molar-refractivity contribution in [2.75, 3.05) is 11.9 Å². The van der Waals surface area contributed by atoms with Crippen LogP contribution in [0, 0.1) is 12.8 Å². The molecular weight excluding hydrogens is 402 g/mol. The molecule has 2 aromatic heterocycles. The summed E-state index contributed by atoms with van der Waals surface area (Å²) in [4.78, 5) is 35.8. The van der Waals surface area contributed by atoms with E-state index in [9.17, 15) is 9.59 Å². The van der Waals surface area contributed by atoms with Gasteiger partial charge < -0.3 is 10.2 Å². The summed E-state index contributed by atoms with van der Waals surface area (Å²) in [5.41, 5.74) is 4.71. The Morgan fingerprint density at radius 3 is 2.66 bits per heavy atom. The van der Waals surface area contributed by atoms with E-state index in [-0.39, 0.29) is 24.2 Å². The Hall–Kier alpha value is -4.00. The molecule has 0 bridgehead atoms. The lowest BCUT2D eigenvalue weighted by Crippen LogP contribution is -2.28. The third-order valence-corrected chi connectivity index (χ3v) is 5.80. The highest BCUT2D eigenvalue weighted by Crippen LogP contribution is 2.23. The number of aryl methyl sites for hydroxylation is 1. The van der Waals surface area contributed by atoms with E-state index < -0.39 is 0 Å².